The molecule has 0 bridgehead atoms. The van der Waals surface area contributed by atoms with E-state index in [9.17, 15) is 8.42 Å². The van der Waals surface area contributed by atoms with Crippen LogP contribution in [0.25, 0.3) is 0 Å². The number of nitrogens with zero attached hydrogens (tertiary/aromatic N) is 3. The standard InChI is InChI=1S/C10H14Br2N4O2S/c11-8-7-13-10(9(12)14-8)15-19(17,18)16-5-3-1-2-4-6-16/h7H,1-6H2,(H,13,15). The number of anilines is 1. The molecule has 1 N–H and O–H groups in total. The van der Waals surface area contributed by atoms with E-state index in [4.69, 9.17) is 0 Å². The second-order valence-corrected chi connectivity index (χ2v) is 7.49. The molecule has 1 fully saturated rings. The number of nitrogens with one attached hydrogen (secondary N) is 1. The van der Waals surface area contributed by atoms with Gasteiger partial charge in [-0.25, -0.2) is 9.97 Å². The van der Waals surface area contributed by atoms with Crippen molar-refractivity contribution in [3.05, 3.63) is 15.4 Å². The Morgan fingerprint density at radius 3 is 2.37 bits per heavy atom. The van der Waals surface area contributed by atoms with Gasteiger partial charge in [-0.15, -0.1) is 0 Å². The van der Waals surface area contributed by atoms with Crippen LogP contribution in [-0.4, -0.2) is 35.8 Å². The van der Waals surface area contributed by atoms with Crippen LogP contribution < -0.4 is 4.72 Å². The van der Waals surface area contributed by atoms with E-state index < -0.39 is 10.2 Å². The third-order valence-corrected chi connectivity index (χ3v) is 5.26. The summed E-state index contributed by atoms with van der Waals surface area (Å²) in [5.74, 6) is 0.201. The summed E-state index contributed by atoms with van der Waals surface area (Å²) >= 11 is 6.36. The Bertz CT molecular complexity index is 544. The van der Waals surface area contributed by atoms with E-state index in [0.717, 1.165) is 25.7 Å². The molecule has 106 valence electrons. The minimum Gasteiger partial charge on any atom is -0.252 e. The summed E-state index contributed by atoms with van der Waals surface area (Å²) in [6.07, 6.45) is 5.40. The molecule has 6 nitrogen and oxygen atoms in total. The number of hydrogen-bond acceptors (Lipinski definition) is 4. The Kier molecular flexibility index (Phi) is 5.15. The number of halogens is 2. The van der Waals surface area contributed by atoms with Gasteiger partial charge in [0.1, 0.15) is 4.60 Å². The zero-order chi connectivity index (χ0) is 13.9. The van der Waals surface area contributed by atoms with Crippen LogP contribution in [0.5, 0.6) is 0 Å². The fourth-order valence-corrected chi connectivity index (χ4v) is 4.19. The quantitative estimate of drug-likeness (QED) is 0.825. The van der Waals surface area contributed by atoms with E-state index in [1.54, 1.807) is 0 Å². The zero-order valence-corrected chi connectivity index (χ0v) is 14.1. The first-order valence-electron chi connectivity index (χ1n) is 5.95. The molecular weight excluding hydrogens is 400 g/mol. The van der Waals surface area contributed by atoms with Crippen molar-refractivity contribution >= 4 is 47.9 Å². The Morgan fingerprint density at radius 1 is 1.16 bits per heavy atom. The van der Waals surface area contributed by atoms with Crippen LogP contribution in [0.3, 0.4) is 0 Å². The topological polar surface area (TPSA) is 75.2 Å². The first-order chi connectivity index (χ1) is 8.99. The summed E-state index contributed by atoms with van der Waals surface area (Å²) in [6.45, 7) is 1.10. The van der Waals surface area contributed by atoms with E-state index >= 15 is 0 Å². The number of hydrogen-bond donors (Lipinski definition) is 1. The minimum absolute atomic E-state index is 0.201. The third-order valence-electron chi connectivity index (χ3n) is 2.83. The zero-order valence-electron chi connectivity index (χ0n) is 10.1. The van der Waals surface area contributed by atoms with Crippen molar-refractivity contribution in [2.45, 2.75) is 25.7 Å². The lowest BCUT2D eigenvalue weighted by atomic mass is 10.2. The lowest BCUT2D eigenvalue weighted by molar-refractivity contribution is 0.427. The fourth-order valence-electron chi connectivity index (χ4n) is 1.88. The molecule has 1 aliphatic rings. The van der Waals surface area contributed by atoms with Gasteiger partial charge in [-0.1, -0.05) is 12.8 Å². The first-order valence-corrected chi connectivity index (χ1v) is 8.97. The van der Waals surface area contributed by atoms with Crippen molar-refractivity contribution in [2.75, 3.05) is 17.8 Å². The van der Waals surface area contributed by atoms with Crippen molar-refractivity contribution in [1.82, 2.24) is 14.3 Å². The van der Waals surface area contributed by atoms with E-state index in [-0.39, 0.29) is 5.82 Å². The maximum Gasteiger partial charge on any atom is 0.302 e. The molecule has 1 aliphatic heterocycles. The van der Waals surface area contributed by atoms with Crippen LogP contribution >= 0.6 is 31.9 Å². The molecule has 0 aromatic carbocycles. The molecule has 2 heterocycles. The van der Waals surface area contributed by atoms with Gasteiger partial charge in [0.15, 0.2) is 10.4 Å². The Morgan fingerprint density at radius 2 is 1.79 bits per heavy atom. The molecule has 9 heteroatoms. The molecule has 0 unspecified atom stereocenters. The summed E-state index contributed by atoms with van der Waals surface area (Å²) in [5.41, 5.74) is 0. The molecule has 0 amide bonds. The van der Waals surface area contributed by atoms with E-state index in [1.165, 1.54) is 10.5 Å². The summed E-state index contributed by atoms with van der Waals surface area (Å²) in [7, 11) is -3.56. The molecule has 19 heavy (non-hydrogen) atoms. The summed E-state index contributed by atoms with van der Waals surface area (Å²) in [6, 6.07) is 0. The molecule has 0 spiro atoms. The van der Waals surface area contributed by atoms with Crippen molar-refractivity contribution in [1.29, 1.82) is 0 Å². The van der Waals surface area contributed by atoms with E-state index in [2.05, 4.69) is 46.5 Å². The van der Waals surface area contributed by atoms with Gasteiger partial charge in [-0.3, -0.25) is 4.72 Å². The van der Waals surface area contributed by atoms with Gasteiger partial charge in [0, 0.05) is 13.1 Å². The average Bonchev–Trinajstić information content (AvgIpc) is 2.62. The summed E-state index contributed by atoms with van der Waals surface area (Å²) < 4.78 is 29.4. The van der Waals surface area contributed by atoms with Crippen LogP contribution in [0.1, 0.15) is 25.7 Å². The van der Waals surface area contributed by atoms with E-state index in [1.807, 2.05) is 0 Å². The van der Waals surface area contributed by atoms with Gasteiger partial charge in [0.25, 0.3) is 0 Å². The molecule has 1 aromatic rings. The minimum atomic E-state index is -3.56. The lowest BCUT2D eigenvalue weighted by Crippen LogP contribution is -2.36. The maximum absolute atomic E-state index is 12.3. The van der Waals surface area contributed by atoms with Crippen LogP contribution in [0.2, 0.25) is 0 Å². The van der Waals surface area contributed by atoms with Gasteiger partial charge < -0.3 is 0 Å². The molecular formula is C10H14Br2N4O2S. The van der Waals surface area contributed by atoms with Crippen molar-refractivity contribution in [3.8, 4) is 0 Å². The van der Waals surface area contributed by atoms with Gasteiger partial charge in [0.05, 0.1) is 6.20 Å². The molecule has 0 aliphatic carbocycles. The van der Waals surface area contributed by atoms with Crippen LogP contribution in [0.4, 0.5) is 5.82 Å². The van der Waals surface area contributed by atoms with Crippen molar-refractivity contribution < 1.29 is 8.42 Å². The molecule has 1 saturated heterocycles. The van der Waals surface area contributed by atoms with Gasteiger partial charge >= 0.3 is 10.2 Å². The molecule has 2 rings (SSSR count). The van der Waals surface area contributed by atoms with Gasteiger partial charge in [-0.05, 0) is 44.7 Å². The number of aromatic nitrogens is 2. The summed E-state index contributed by atoms with van der Waals surface area (Å²) in [4.78, 5) is 8.05. The highest BCUT2D eigenvalue weighted by molar-refractivity contribution is 9.11. The van der Waals surface area contributed by atoms with Gasteiger partial charge in [-0.2, -0.15) is 12.7 Å². The highest BCUT2D eigenvalue weighted by Crippen LogP contribution is 2.22. The van der Waals surface area contributed by atoms with E-state index in [0.29, 0.717) is 22.3 Å². The summed E-state index contributed by atoms with van der Waals surface area (Å²) in [5, 5.41) is 0. The SMILES string of the molecule is O=S(=O)(Nc1ncc(Br)nc1Br)N1CCCCCC1. The Hall–Kier alpha value is -0.250. The van der Waals surface area contributed by atoms with Crippen LogP contribution in [0.15, 0.2) is 15.4 Å². The van der Waals surface area contributed by atoms with Crippen LogP contribution in [-0.2, 0) is 10.2 Å². The highest BCUT2D eigenvalue weighted by atomic mass is 79.9. The predicted octanol–water partition coefficient (Wildman–Crippen LogP) is 2.53. The first kappa shape index (κ1) is 15.1. The normalized spacial score (nSPS) is 18.0. The predicted molar refractivity (Wildman–Crippen MR) is 80.0 cm³/mol. The van der Waals surface area contributed by atoms with Gasteiger partial charge in [0.2, 0.25) is 0 Å². The smallest absolute Gasteiger partial charge is 0.252 e. The third kappa shape index (κ3) is 4.11. The Labute approximate surface area is 129 Å². The van der Waals surface area contributed by atoms with Crippen molar-refractivity contribution in [2.24, 2.45) is 0 Å². The molecule has 0 saturated carbocycles. The molecule has 1 aromatic heterocycles. The largest absolute Gasteiger partial charge is 0.302 e. The second-order valence-electron chi connectivity index (χ2n) is 4.25. The highest BCUT2D eigenvalue weighted by Gasteiger charge is 2.24. The van der Waals surface area contributed by atoms with Crippen LogP contribution in [0, 0.1) is 0 Å². The average molecular weight is 414 g/mol. The monoisotopic (exact) mass is 412 g/mol. The molecule has 0 radical (unpaired) electrons. The second kappa shape index (κ2) is 6.47. The maximum atomic E-state index is 12.3. The van der Waals surface area contributed by atoms with Crippen molar-refractivity contribution in [3.63, 3.8) is 0 Å². The fraction of sp³-hybridized carbons (Fsp3) is 0.600. The lowest BCUT2D eigenvalue weighted by Gasteiger charge is -2.20. The Balaban J connectivity index is 2.15. The molecule has 0 atom stereocenters. The number of rotatable bonds is 3.